The third kappa shape index (κ3) is 16.9. The molecule has 0 aliphatic carbocycles. The Bertz CT molecular complexity index is 288. The standard InChI is InChI=1S/C24H48O2/c1-4-7-10-12-14-15-18-21-23(20-17-9-6-3)24(25)26-22-19-16-13-11-8-5-2/h23H,4-22H2,1-3H3. The SMILES string of the molecule is CCCCCCCCCC(CCCCC)C(=O)OCCCCCCCC. The van der Waals surface area contributed by atoms with E-state index >= 15 is 0 Å². The molecular weight excluding hydrogens is 320 g/mol. The Balaban J connectivity index is 3.89. The Morgan fingerprint density at radius 2 is 0.962 bits per heavy atom. The Kier molecular flexibility index (Phi) is 20.4. The number of hydrogen-bond donors (Lipinski definition) is 0. The zero-order valence-corrected chi connectivity index (χ0v) is 18.3. The molecule has 1 atom stereocenters. The van der Waals surface area contributed by atoms with Crippen LogP contribution in [0, 0.1) is 5.92 Å². The van der Waals surface area contributed by atoms with Crippen molar-refractivity contribution in [2.24, 2.45) is 5.92 Å². The van der Waals surface area contributed by atoms with Crippen molar-refractivity contribution in [1.29, 1.82) is 0 Å². The quantitative estimate of drug-likeness (QED) is 0.160. The molecule has 0 heterocycles. The van der Waals surface area contributed by atoms with E-state index < -0.39 is 0 Å². The molecule has 1 unspecified atom stereocenters. The summed E-state index contributed by atoms with van der Waals surface area (Å²) in [5, 5.41) is 0. The predicted molar refractivity (Wildman–Crippen MR) is 115 cm³/mol. The average molecular weight is 369 g/mol. The van der Waals surface area contributed by atoms with Crippen molar-refractivity contribution in [2.45, 2.75) is 136 Å². The van der Waals surface area contributed by atoms with E-state index in [9.17, 15) is 4.79 Å². The minimum absolute atomic E-state index is 0.0839. The second-order valence-electron chi connectivity index (χ2n) is 8.04. The van der Waals surface area contributed by atoms with Crippen LogP contribution in [0.5, 0.6) is 0 Å². The van der Waals surface area contributed by atoms with Crippen LogP contribution in [0.4, 0.5) is 0 Å². The normalized spacial score (nSPS) is 12.3. The van der Waals surface area contributed by atoms with E-state index in [1.807, 2.05) is 0 Å². The van der Waals surface area contributed by atoms with E-state index in [1.54, 1.807) is 0 Å². The van der Waals surface area contributed by atoms with Gasteiger partial charge in [-0.15, -0.1) is 0 Å². The lowest BCUT2D eigenvalue weighted by Crippen LogP contribution is -2.18. The van der Waals surface area contributed by atoms with Crippen LogP contribution in [0.15, 0.2) is 0 Å². The summed E-state index contributed by atoms with van der Waals surface area (Å²) in [6, 6.07) is 0. The summed E-state index contributed by atoms with van der Waals surface area (Å²) in [5.74, 6) is 0.234. The number of rotatable bonds is 20. The molecule has 0 saturated heterocycles. The summed E-state index contributed by atoms with van der Waals surface area (Å²) in [7, 11) is 0. The van der Waals surface area contributed by atoms with Crippen molar-refractivity contribution >= 4 is 5.97 Å². The van der Waals surface area contributed by atoms with Crippen molar-refractivity contribution < 1.29 is 9.53 Å². The summed E-state index contributed by atoms with van der Waals surface area (Å²) in [6.45, 7) is 7.36. The molecule has 26 heavy (non-hydrogen) atoms. The summed E-state index contributed by atoms with van der Waals surface area (Å²) in [6.07, 6.45) is 22.3. The van der Waals surface area contributed by atoms with Crippen molar-refractivity contribution in [3.8, 4) is 0 Å². The first kappa shape index (κ1) is 25.5. The molecule has 0 aliphatic heterocycles. The number of carbonyl (C=O) groups excluding carboxylic acids is 1. The maximum Gasteiger partial charge on any atom is 0.308 e. The predicted octanol–water partition coefficient (Wildman–Crippen LogP) is 8.23. The van der Waals surface area contributed by atoms with Crippen LogP contribution >= 0.6 is 0 Å². The fraction of sp³-hybridized carbons (Fsp3) is 0.958. The molecular formula is C24H48O2. The van der Waals surface area contributed by atoms with E-state index in [0.29, 0.717) is 6.61 Å². The molecule has 0 amide bonds. The molecule has 2 heteroatoms. The molecule has 0 spiro atoms. The maximum absolute atomic E-state index is 12.5. The van der Waals surface area contributed by atoms with Crippen LogP contribution in [0.2, 0.25) is 0 Å². The van der Waals surface area contributed by atoms with E-state index in [-0.39, 0.29) is 11.9 Å². The van der Waals surface area contributed by atoms with Gasteiger partial charge in [0.1, 0.15) is 0 Å². The van der Waals surface area contributed by atoms with Crippen molar-refractivity contribution in [3.63, 3.8) is 0 Å². The molecule has 0 rings (SSSR count). The molecule has 2 nitrogen and oxygen atoms in total. The minimum atomic E-state index is 0.0839. The first-order valence-electron chi connectivity index (χ1n) is 11.9. The van der Waals surface area contributed by atoms with Gasteiger partial charge in [-0.2, -0.15) is 0 Å². The maximum atomic E-state index is 12.5. The van der Waals surface area contributed by atoms with Gasteiger partial charge in [-0.25, -0.2) is 0 Å². The van der Waals surface area contributed by atoms with Crippen LogP contribution < -0.4 is 0 Å². The Hall–Kier alpha value is -0.530. The van der Waals surface area contributed by atoms with Gasteiger partial charge in [0, 0.05) is 0 Å². The zero-order valence-electron chi connectivity index (χ0n) is 18.3. The number of carbonyl (C=O) groups is 1. The van der Waals surface area contributed by atoms with Gasteiger partial charge in [0.15, 0.2) is 0 Å². The minimum Gasteiger partial charge on any atom is -0.465 e. The molecule has 0 aromatic carbocycles. The highest BCUT2D eigenvalue weighted by atomic mass is 16.5. The Morgan fingerprint density at radius 3 is 1.50 bits per heavy atom. The van der Waals surface area contributed by atoms with Crippen molar-refractivity contribution in [1.82, 2.24) is 0 Å². The van der Waals surface area contributed by atoms with Crippen molar-refractivity contribution in [3.05, 3.63) is 0 Å². The molecule has 0 aromatic heterocycles. The molecule has 0 N–H and O–H groups in total. The molecule has 156 valence electrons. The van der Waals surface area contributed by atoms with Gasteiger partial charge in [0.2, 0.25) is 0 Å². The van der Waals surface area contributed by atoms with Gasteiger partial charge >= 0.3 is 5.97 Å². The van der Waals surface area contributed by atoms with Gasteiger partial charge < -0.3 is 4.74 Å². The monoisotopic (exact) mass is 368 g/mol. The summed E-state index contributed by atoms with van der Waals surface area (Å²) in [5.41, 5.74) is 0. The van der Waals surface area contributed by atoms with E-state index in [1.165, 1.54) is 96.3 Å². The molecule has 0 radical (unpaired) electrons. The highest BCUT2D eigenvalue weighted by Gasteiger charge is 2.19. The Labute approximate surface area is 164 Å². The van der Waals surface area contributed by atoms with E-state index in [2.05, 4.69) is 20.8 Å². The Morgan fingerprint density at radius 1 is 0.577 bits per heavy atom. The number of esters is 1. The van der Waals surface area contributed by atoms with Crippen LogP contribution in [-0.2, 0) is 9.53 Å². The average Bonchev–Trinajstić information content (AvgIpc) is 2.65. The number of hydrogen-bond acceptors (Lipinski definition) is 2. The van der Waals surface area contributed by atoms with Gasteiger partial charge in [-0.1, -0.05) is 117 Å². The highest BCUT2D eigenvalue weighted by molar-refractivity contribution is 5.72. The fourth-order valence-corrected chi connectivity index (χ4v) is 3.54. The smallest absolute Gasteiger partial charge is 0.308 e. The largest absolute Gasteiger partial charge is 0.465 e. The van der Waals surface area contributed by atoms with Gasteiger partial charge in [0.25, 0.3) is 0 Å². The lowest BCUT2D eigenvalue weighted by atomic mass is 9.94. The van der Waals surface area contributed by atoms with E-state index in [0.717, 1.165) is 19.3 Å². The molecule has 0 bridgehead atoms. The van der Waals surface area contributed by atoms with Gasteiger partial charge in [-0.05, 0) is 19.3 Å². The summed E-state index contributed by atoms with van der Waals surface area (Å²) < 4.78 is 5.61. The first-order chi connectivity index (χ1) is 12.8. The number of ether oxygens (including phenoxy) is 1. The summed E-state index contributed by atoms with van der Waals surface area (Å²) in [4.78, 5) is 12.5. The second-order valence-corrected chi connectivity index (χ2v) is 8.04. The molecule has 0 aliphatic rings. The lowest BCUT2D eigenvalue weighted by molar-refractivity contribution is -0.149. The fourth-order valence-electron chi connectivity index (χ4n) is 3.54. The second kappa shape index (κ2) is 20.8. The molecule has 0 saturated carbocycles. The van der Waals surface area contributed by atoms with E-state index in [4.69, 9.17) is 4.74 Å². The van der Waals surface area contributed by atoms with Crippen molar-refractivity contribution in [2.75, 3.05) is 6.61 Å². The molecule has 0 fully saturated rings. The van der Waals surface area contributed by atoms with Crippen LogP contribution in [0.3, 0.4) is 0 Å². The summed E-state index contributed by atoms with van der Waals surface area (Å²) >= 11 is 0. The number of unbranched alkanes of at least 4 members (excludes halogenated alkanes) is 13. The first-order valence-corrected chi connectivity index (χ1v) is 11.9. The van der Waals surface area contributed by atoms with Gasteiger partial charge in [0.05, 0.1) is 12.5 Å². The topological polar surface area (TPSA) is 26.3 Å². The van der Waals surface area contributed by atoms with Crippen LogP contribution in [0.1, 0.15) is 136 Å². The third-order valence-corrected chi connectivity index (χ3v) is 5.39. The van der Waals surface area contributed by atoms with Gasteiger partial charge in [-0.3, -0.25) is 4.79 Å². The zero-order chi connectivity index (χ0) is 19.3. The highest BCUT2D eigenvalue weighted by Crippen LogP contribution is 2.20. The molecule has 0 aromatic rings. The third-order valence-electron chi connectivity index (χ3n) is 5.39. The van der Waals surface area contributed by atoms with Crippen LogP contribution in [0.25, 0.3) is 0 Å². The lowest BCUT2D eigenvalue weighted by Gasteiger charge is -2.16. The van der Waals surface area contributed by atoms with Crippen LogP contribution in [-0.4, -0.2) is 12.6 Å².